The molecule has 3 aromatic carbocycles. The standard InChI is InChI=1S/C23H20N2.ClH/c1-16-13-22-23(14-17(16)2)25-21(19-11-7-4-8-12-19)15-20(24-22)18-9-5-3-6-10-18;/h3-15,24H,1-2H3;1H. The molecule has 0 fully saturated rings. The zero-order valence-electron chi connectivity index (χ0n) is 14.9. The highest BCUT2D eigenvalue weighted by Gasteiger charge is 2.14. The smallest absolute Gasteiger partial charge is 0.0874 e. The van der Waals surface area contributed by atoms with Crippen LogP contribution in [0, 0.1) is 13.8 Å². The van der Waals surface area contributed by atoms with Crippen LogP contribution in [0.15, 0.2) is 83.9 Å². The van der Waals surface area contributed by atoms with Crippen molar-refractivity contribution < 1.29 is 0 Å². The van der Waals surface area contributed by atoms with Crippen LogP contribution in [-0.2, 0) is 0 Å². The van der Waals surface area contributed by atoms with Gasteiger partial charge in [-0.3, -0.25) is 0 Å². The van der Waals surface area contributed by atoms with Crippen molar-refractivity contribution in [3.05, 3.63) is 101 Å². The van der Waals surface area contributed by atoms with Gasteiger partial charge in [-0.25, -0.2) is 4.99 Å². The van der Waals surface area contributed by atoms with E-state index < -0.39 is 0 Å². The Morgan fingerprint density at radius 3 is 1.96 bits per heavy atom. The van der Waals surface area contributed by atoms with Gasteiger partial charge in [-0.15, -0.1) is 12.4 Å². The number of fused-ring (bicyclic) bond motifs is 1. The first kappa shape index (κ1) is 18.0. The van der Waals surface area contributed by atoms with Crippen LogP contribution >= 0.6 is 12.4 Å². The van der Waals surface area contributed by atoms with Crippen LogP contribution < -0.4 is 5.32 Å². The number of aliphatic imine (C=N–C) groups is 1. The van der Waals surface area contributed by atoms with E-state index in [0.29, 0.717) is 0 Å². The molecule has 0 radical (unpaired) electrons. The minimum Gasteiger partial charge on any atom is -0.353 e. The molecule has 0 saturated carbocycles. The highest BCUT2D eigenvalue weighted by molar-refractivity contribution is 6.15. The van der Waals surface area contributed by atoms with Gasteiger partial charge in [-0.1, -0.05) is 60.7 Å². The van der Waals surface area contributed by atoms with E-state index in [1.165, 1.54) is 11.1 Å². The lowest BCUT2D eigenvalue weighted by Gasteiger charge is -2.13. The summed E-state index contributed by atoms with van der Waals surface area (Å²) in [5, 5.41) is 3.59. The van der Waals surface area contributed by atoms with Crippen LogP contribution in [-0.4, -0.2) is 5.71 Å². The Bertz CT molecular complexity index is 974. The summed E-state index contributed by atoms with van der Waals surface area (Å²) < 4.78 is 0. The molecule has 130 valence electrons. The van der Waals surface area contributed by atoms with Gasteiger partial charge in [0.15, 0.2) is 0 Å². The zero-order valence-corrected chi connectivity index (χ0v) is 15.7. The molecule has 0 spiro atoms. The third kappa shape index (κ3) is 3.56. The number of hydrogen-bond donors (Lipinski definition) is 1. The van der Waals surface area contributed by atoms with Crippen molar-refractivity contribution in [3.8, 4) is 0 Å². The lowest BCUT2D eigenvalue weighted by Crippen LogP contribution is -2.01. The number of rotatable bonds is 2. The fraction of sp³-hybridized carbons (Fsp3) is 0.0870. The van der Waals surface area contributed by atoms with Crippen LogP contribution in [0.25, 0.3) is 5.70 Å². The van der Waals surface area contributed by atoms with Crippen molar-refractivity contribution in [1.29, 1.82) is 0 Å². The van der Waals surface area contributed by atoms with Crippen molar-refractivity contribution in [3.63, 3.8) is 0 Å². The normalized spacial score (nSPS) is 12.7. The number of hydrogen-bond acceptors (Lipinski definition) is 2. The van der Waals surface area contributed by atoms with Crippen molar-refractivity contribution in [1.82, 2.24) is 0 Å². The maximum atomic E-state index is 4.96. The molecule has 0 amide bonds. The van der Waals surface area contributed by atoms with Crippen molar-refractivity contribution >= 4 is 35.2 Å². The minimum atomic E-state index is 0. The highest BCUT2D eigenvalue weighted by Crippen LogP contribution is 2.34. The number of nitrogens with one attached hydrogen (secondary N) is 1. The summed E-state index contributed by atoms with van der Waals surface area (Å²) in [4.78, 5) is 4.96. The van der Waals surface area contributed by atoms with Gasteiger partial charge in [0, 0.05) is 11.3 Å². The van der Waals surface area contributed by atoms with Crippen molar-refractivity contribution in [2.45, 2.75) is 13.8 Å². The fourth-order valence-electron chi connectivity index (χ4n) is 3.00. The summed E-state index contributed by atoms with van der Waals surface area (Å²) in [5.74, 6) is 0. The molecule has 1 aliphatic heterocycles. The van der Waals surface area contributed by atoms with Gasteiger partial charge in [0.2, 0.25) is 0 Å². The number of allylic oxidation sites excluding steroid dienone is 1. The van der Waals surface area contributed by atoms with E-state index in [1.807, 2.05) is 24.3 Å². The first-order valence-electron chi connectivity index (χ1n) is 8.50. The fourth-order valence-corrected chi connectivity index (χ4v) is 3.00. The summed E-state index contributed by atoms with van der Waals surface area (Å²) in [6.45, 7) is 4.26. The summed E-state index contributed by atoms with van der Waals surface area (Å²) in [5.41, 5.74) is 8.82. The molecule has 0 aromatic heterocycles. The molecule has 1 heterocycles. The van der Waals surface area contributed by atoms with Crippen LogP contribution in [0.2, 0.25) is 0 Å². The average molecular weight is 361 g/mol. The first-order chi connectivity index (χ1) is 12.2. The van der Waals surface area contributed by atoms with Crippen LogP contribution in [0.5, 0.6) is 0 Å². The van der Waals surface area contributed by atoms with Gasteiger partial charge in [-0.05, 0) is 48.7 Å². The highest BCUT2D eigenvalue weighted by atomic mass is 35.5. The average Bonchev–Trinajstić information content (AvgIpc) is 2.83. The molecule has 0 unspecified atom stereocenters. The quantitative estimate of drug-likeness (QED) is 0.568. The van der Waals surface area contributed by atoms with Crippen LogP contribution in [0.3, 0.4) is 0 Å². The Morgan fingerprint density at radius 1 is 0.731 bits per heavy atom. The maximum absolute atomic E-state index is 4.96. The monoisotopic (exact) mass is 360 g/mol. The first-order valence-corrected chi connectivity index (χ1v) is 8.50. The molecule has 1 aliphatic rings. The molecule has 4 rings (SSSR count). The summed E-state index contributed by atoms with van der Waals surface area (Å²) in [6.07, 6.45) is 2.13. The van der Waals surface area contributed by atoms with Gasteiger partial charge >= 0.3 is 0 Å². The second-order valence-corrected chi connectivity index (χ2v) is 6.37. The van der Waals surface area contributed by atoms with Gasteiger partial charge in [0.05, 0.1) is 17.1 Å². The number of nitrogens with zero attached hydrogens (tertiary/aromatic N) is 1. The molecular formula is C23H21ClN2. The molecule has 1 N–H and O–H groups in total. The number of halogens is 1. The Kier molecular flexibility index (Phi) is 5.24. The molecule has 3 heteroatoms. The minimum absolute atomic E-state index is 0. The predicted molar refractivity (Wildman–Crippen MR) is 114 cm³/mol. The molecule has 0 atom stereocenters. The van der Waals surface area contributed by atoms with Crippen LogP contribution in [0.4, 0.5) is 11.4 Å². The van der Waals surface area contributed by atoms with Crippen molar-refractivity contribution in [2.75, 3.05) is 5.32 Å². The molecule has 3 aromatic rings. The molecule has 26 heavy (non-hydrogen) atoms. The second kappa shape index (κ2) is 7.59. The van der Waals surface area contributed by atoms with E-state index in [1.54, 1.807) is 0 Å². The third-order valence-electron chi connectivity index (χ3n) is 4.56. The summed E-state index contributed by atoms with van der Waals surface area (Å²) in [6, 6.07) is 25.1. The van der Waals surface area contributed by atoms with E-state index in [0.717, 1.165) is 33.9 Å². The summed E-state index contributed by atoms with van der Waals surface area (Å²) in [7, 11) is 0. The van der Waals surface area contributed by atoms with Gasteiger partial charge in [-0.2, -0.15) is 0 Å². The summed E-state index contributed by atoms with van der Waals surface area (Å²) >= 11 is 0. The Morgan fingerprint density at radius 2 is 1.31 bits per heavy atom. The lowest BCUT2D eigenvalue weighted by molar-refractivity contribution is 1.32. The van der Waals surface area contributed by atoms with E-state index in [9.17, 15) is 0 Å². The maximum Gasteiger partial charge on any atom is 0.0874 e. The Hall–Kier alpha value is -2.84. The Labute approximate surface area is 160 Å². The van der Waals surface area contributed by atoms with Gasteiger partial charge in [0.25, 0.3) is 0 Å². The molecule has 2 nitrogen and oxygen atoms in total. The second-order valence-electron chi connectivity index (χ2n) is 6.37. The Balaban J connectivity index is 0.00000196. The zero-order chi connectivity index (χ0) is 17.2. The molecule has 0 aliphatic carbocycles. The van der Waals surface area contributed by atoms with Gasteiger partial charge in [0.1, 0.15) is 0 Å². The van der Waals surface area contributed by atoms with Crippen molar-refractivity contribution in [2.24, 2.45) is 4.99 Å². The van der Waals surface area contributed by atoms with E-state index >= 15 is 0 Å². The predicted octanol–water partition coefficient (Wildman–Crippen LogP) is 6.31. The van der Waals surface area contributed by atoms with E-state index in [-0.39, 0.29) is 12.4 Å². The number of aryl methyl sites for hydroxylation is 2. The number of anilines is 1. The molecule has 0 saturated heterocycles. The molecular weight excluding hydrogens is 340 g/mol. The van der Waals surface area contributed by atoms with E-state index in [2.05, 4.69) is 73.8 Å². The third-order valence-corrected chi connectivity index (χ3v) is 4.56. The topological polar surface area (TPSA) is 24.4 Å². The largest absolute Gasteiger partial charge is 0.353 e. The number of benzene rings is 3. The SMILES string of the molecule is Cc1cc2c(cc1C)NC(c1ccccc1)=CC(c1ccccc1)=N2.Cl. The van der Waals surface area contributed by atoms with E-state index in [4.69, 9.17) is 4.99 Å². The van der Waals surface area contributed by atoms with Gasteiger partial charge < -0.3 is 5.32 Å². The van der Waals surface area contributed by atoms with Crippen LogP contribution in [0.1, 0.15) is 22.3 Å². The molecule has 0 bridgehead atoms. The lowest BCUT2D eigenvalue weighted by atomic mass is 10.1.